The second kappa shape index (κ2) is 10.6. The van der Waals surface area contributed by atoms with E-state index in [-0.39, 0.29) is 10.5 Å². The highest BCUT2D eigenvalue weighted by molar-refractivity contribution is 7.90. The van der Waals surface area contributed by atoms with Gasteiger partial charge >= 0.3 is 6.36 Å². The van der Waals surface area contributed by atoms with E-state index in [0.29, 0.717) is 39.3 Å². The molecule has 0 unspecified atom stereocenters. The van der Waals surface area contributed by atoms with Crippen molar-refractivity contribution in [3.63, 3.8) is 0 Å². The van der Waals surface area contributed by atoms with Gasteiger partial charge < -0.3 is 4.74 Å². The lowest BCUT2D eigenvalue weighted by atomic mass is 9.98. The van der Waals surface area contributed by atoms with Crippen molar-refractivity contribution in [2.75, 3.05) is 6.26 Å². The molecular formula is C29H24F5N5O3S. The van der Waals surface area contributed by atoms with Crippen LogP contribution in [0.1, 0.15) is 18.2 Å². The van der Waals surface area contributed by atoms with E-state index in [9.17, 15) is 30.4 Å². The van der Waals surface area contributed by atoms with Crippen LogP contribution in [-0.2, 0) is 22.8 Å². The van der Waals surface area contributed by atoms with Crippen LogP contribution in [0, 0.1) is 6.92 Å². The number of sulfone groups is 1. The molecule has 3 aromatic carbocycles. The Morgan fingerprint density at radius 3 is 2.14 bits per heavy atom. The summed E-state index contributed by atoms with van der Waals surface area (Å²) in [5.41, 5.74) is 3.00. The number of rotatable bonds is 7. The first-order valence-corrected chi connectivity index (χ1v) is 14.6. The Kier molecular flexibility index (Phi) is 7.37. The SMILES string of the molecule is Cc1c(C(C)(F)F)nn(C)c1-c1ccc(-c2cccc(S(C)(=O)=O)c2)cc1-n1nncc1-c1ccc(OC(F)(F)F)cc1. The van der Waals surface area contributed by atoms with Crippen molar-refractivity contribution in [3.8, 4) is 45.1 Å². The van der Waals surface area contributed by atoms with Gasteiger partial charge in [0.1, 0.15) is 11.4 Å². The molecule has 14 heteroatoms. The van der Waals surface area contributed by atoms with Crippen molar-refractivity contribution < 1.29 is 35.1 Å². The number of halogens is 5. The Bertz CT molecular complexity index is 1930. The average molecular weight is 618 g/mol. The molecule has 0 aliphatic rings. The zero-order valence-electron chi connectivity index (χ0n) is 23.2. The maximum Gasteiger partial charge on any atom is 0.573 e. The number of ether oxygens (including phenoxy) is 1. The van der Waals surface area contributed by atoms with Gasteiger partial charge in [-0.3, -0.25) is 4.68 Å². The molecule has 0 bridgehead atoms. The van der Waals surface area contributed by atoms with Gasteiger partial charge in [0.05, 0.1) is 28.2 Å². The molecule has 2 aromatic heterocycles. The van der Waals surface area contributed by atoms with Crippen LogP contribution in [0.15, 0.2) is 77.8 Å². The Labute approximate surface area is 243 Å². The summed E-state index contributed by atoms with van der Waals surface area (Å²) >= 11 is 0. The summed E-state index contributed by atoms with van der Waals surface area (Å²) in [6, 6.07) is 16.5. The zero-order chi connectivity index (χ0) is 31.3. The number of nitrogens with zero attached hydrogens (tertiary/aromatic N) is 5. The Hall–Kier alpha value is -4.59. The number of hydrogen-bond donors (Lipinski definition) is 0. The van der Waals surface area contributed by atoms with E-state index >= 15 is 0 Å². The highest BCUT2D eigenvalue weighted by Crippen LogP contribution is 2.39. The van der Waals surface area contributed by atoms with Crippen LogP contribution in [0.25, 0.3) is 39.3 Å². The normalized spacial score (nSPS) is 12.5. The first-order chi connectivity index (χ1) is 20.0. The van der Waals surface area contributed by atoms with Gasteiger partial charge in [-0.15, -0.1) is 18.3 Å². The third kappa shape index (κ3) is 6.14. The Morgan fingerprint density at radius 2 is 1.53 bits per heavy atom. The van der Waals surface area contributed by atoms with Crippen molar-refractivity contribution in [2.45, 2.75) is 31.0 Å². The fourth-order valence-electron chi connectivity index (χ4n) is 4.85. The van der Waals surface area contributed by atoms with Gasteiger partial charge in [0.15, 0.2) is 9.84 Å². The summed E-state index contributed by atoms with van der Waals surface area (Å²) in [4.78, 5) is 0.107. The van der Waals surface area contributed by atoms with E-state index in [4.69, 9.17) is 0 Å². The number of aryl methyl sites for hydroxylation is 1. The molecule has 0 radical (unpaired) electrons. The summed E-state index contributed by atoms with van der Waals surface area (Å²) in [6.45, 7) is 2.29. The minimum atomic E-state index is -4.86. The van der Waals surface area contributed by atoms with Crippen LogP contribution >= 0.6 is 0 Å². The van der Waals surface area contributed by atoms with Gasteiger partial charge in [0.25, 0.3) is 5.92 Å². The summed E-state index contributed by atoms with van der Waals surface area (Å²) in [5.74, 6) is -3.63. The van der Waals surface area contributed by atoms with Gasteiger partial charge in [-0.1, -0.05) is 29.5 Å². The average Bonchev–Trinajstić information content (AvgIpc) is 3.52. The number of hydrogen-bond acceptors (Lipinski definition) is 6. The minimum Gasteiger partial charge on any atom is -0.406 e. The quantitative estimate of drug-likeness (QED) is 0.188. The molecule has 43 heavy (non-hydrogen) atoms. The number of alkyl halides is 5. The van der Waals surface area contributed by atoms with E-state index in [1.807, 2.05) is 0 Å². The van der Waals surface area contributed by atoms with Crippen LogP contribution in [0.2, 0.25) is 0 Å². The fraction of sp³-hybridized carbons (Fsp3) is 0.207. The molecule has 0 fully saturated rings. The number of aromatic nitrogens is 5. The van der Waals surface area contributed by atoms with Gasteiger partial charge in [-0.05, 0) is 60.5 Å². The van der Waals surface area contributed by atoms with Crippen LogP contribution in [0.4, 0.5) is 22.0 Å². The lowest BCUT2D eigenvalue weighted by molar-refractivity contribution is -0.274. The maximum atomic E-state index is 14.4. The molecule has 8 nitrogen and oxygen atoms in total. The highest BCUT2D eigenvalue weighted by atomic mass is 32.2. The maximum absolute atomic E-state index is 14.4. The van der Waals surface area contributed by atoms with Gasteiger partial charge in [0, 0.05) is 36.9 Å². The Morgan fingerprint density at radius 1 is 0.884 bits per heavy atom. The van der Waals surface area contributed by atoms with Crippen LogP contribution in [0.5, 0.6) is 5.75 Å². The predicted molar refractivity (Wildman–Crippen MR) is 149 cm³/mol. The molecule has 0 saturated carbocycles. The lowest BCUT2D eigenvalue weighted by Gasteiger charge is -2.16. The van der Waals surface area contributed by atoms with Gasteiger partial charge in [-0.2, -0.15) is 13.9 Å². The summed E-state index contributed by atoms with van der Waals surface area (Å²) in [6.07, 6.45) is -2.36. The number of benzene rings is 3. The molecule has 5 rings (SSSR count). The van der Waals surface area contributed by atoms with E-state index < -0.39 is 33.6 Å². The Balaban J connectivity index is 1.72. The molecule has 0 aliphatic carbocycles. The summed E-state index contributed by atoms with van der Waals surface area (Å²) in [5, 5.41) is 12.3. The predicted octanol–water partition coefficient (Wildman–Crippen LogP) is 6.72. The van der Waals surface area contributed by atoms with E-state index in [1.54, 1.807) is 30.3 Å². The zero-order valence-corrected chi connectivity index (χ0v) is 24.0. The van der Waals surface area contributed by atoms with Crippen LogP contribution in [0.3, 0.4) is 0 Å². The smallest absolute Gasteiger partial charge is 0.406 e. The highest BCUT2D eigenvalue weighted by Gasteiger charge is 2.33. The standard InChI is InChI=1S/C29H24F5N5O3S/c1-17-26(38(3)36-27(17)28(2,30)31)23-13-10-20(19-6-5-7-22(14-19)43(4,40)41)15-24(23)39-25(16-35-37-39)18-8-11-21(12-9-18)42-29(32,33)34/h5-16H,1-4H3. The van der Waals surface area contributed by atoms with Crippen LogP contribution < -0.4 is 4.74 Å². The van der Waals surface area contributed by atoms with Gasteiger partial charge in [-0.25, -0.2) is 13.1 Å². The van der Waals surface area contributed by atoms with Crippen molar-refractivity contribution >= 4 is 9.84 Å². The summed E-state index contributed by atoms with van der Waals surface area (Å²) < 4.78 is 98.0. The van der Waals surface area contributed by atoms with Crippen molar-refractivity contribution in [3.05, 3.63) is 84.2 Å². The molecule has 0 amide bonds. The molecule has 0 saturated heterocycles. The molecule has 224 valence electrons. The monoisotopic (exact) mass is 617 g/mol. The third-order valence-corrected chi connectivity index (χ3v) is 7.82. The first kappa shape index (κ1) is 29.9. The molecule has 0 N–H and O–H groups in total. The van der Waals surface area contributed by atoms with Crippen LogP contribution in [-0.4, -0.2) is 45.8 Å². The first-order valence-electron chi connectivity index (χ1n) is 12.7. The van der Waals surface area contributed by atoms with Crippen molar-refractivity contribution in [1.29, 1.82) is 0 Å². The second-order valence-corrected chi connectivity index (χ2v) is 12.0. The molecule has 0 atom stereocenters. The van der Waals surface area contributed by atoms with E-state index in [1.165, 1.54) is 53.8 Å². The molecule has 0 aliphatic heterocycles. The fourth-order valence-corrected chi connectivity index (χ4v) is 5.52. The largest absolute Gasteiger partial charge is 0.573 e. The second-order valence-electron chi connectivity index (χ2n) is 9.97. The van der Waals surface area contributed by atoms with Crippen molar-refractivity contribution in [2.24, 2.45) is 7.05 Å². The lowest BCUT2D eigenvalue weighted by Crippen LogP contribution is -2.16. The van der Waals surface area contributed by atoms with Crippen molar-refractivity contribution in [1.82, 2.24) is 24.8 Å². The van der Waals surface area contributed by atoms with E-state index in [0.717, 1.165) is 25.3 Å². The molecule has 5 aromatic rings. The van der Waals surface area contributed by atoms with Gasteiger partial charge in [0.2, 0.25) is 0 Å². The topological polar surface area (TPSA) is 91.9 Å². The minimum absolute atomic E-state index is 0.107. The molecule has 2 heterocycles. The van der Waals surface area contributed by atoms with E-state index in [2.05, 4.69) is 20.1 Å². The third-order valence-electron chi connectivity index (χ3n) is 6.71. The summed E-state index contributed by atoms with van der Waals surface area (Å²) in [7, 11) is -1.97. The molecular weight excluding hydrogens is 593 g/mol. The molecule has 0 spiro atoms.